The normalized spacial score (nSPS) is 20.2. The van der Waals surface area contributed by atoms with Gasteiger partial charge in [0.15, 0.2) is 5.78 Å². The van der Waals surface area contributed by atoms with Crippen molar-refractivity contribution in [1.82, 2.24) is 0 Å². The molecule has 0 fully saturated rings. The minimum atomic E-state index is -4.43. The van der Waals surface area contributed by atoms with Crippen LogP contribution in [0.4, 0.5) is 13.2 Å². The molecule has 2 nitrogen and oxygen atoms in total. The van der Waals surface area contributed by atoms with Crippen molar-refractivity contribution >= 4 is 23.1 Å². The predicted molar refractivity (Wildman–Crippen MR) is 87.9 cm³/mol. The van der Waals surface area contributed by atoms with Gasteiger partial charge < -0.3 is 5.73 Å². The molecule has 0 aromatic heterocycles. The third kappa shape index (κ3) is 3.91. The van der Waals surface area contributed by atoms with Crippen LogP contribution in [0.25, 0.3) is 5.57 Å². The molecule has 0 saturated heterocycles. The van der Waals surface area contributed by atoms with Gasteiger partial charge in [-0.15, -0.1) is 0 Å². The number of benzene rings is 1. The summed E-state index contributed by atoms with van der Waals surface area (Å²) in [4.78, 5) is 12.6. The van der Waals surface area contributed by atoms with E-state index >= 15 is 0 Å². The Bertz CT molecular complexity index is 625. The number of alkyl halides is 3. The first-order valence-corrected chi connectivity index (χ1v) is 8.62. The highest BCUT2D eigenvalue weighted by molar-refractivity contribution is 7.99. The molecule has 0 heterocycles. The van der Waals surface area contributed by atoms with Crippen molar-refractivity contribution in [1.29, 1.82) is 0 Å². The van der Waals surface area contributed by atoms with Gasteiger partial charge in [-0.3, -0.25) is 4.79 Å². The van der Waals surface area contributed by atoms with Gasteiger partial charge >= 0.3 is 6.18 Å². The Balaban J connectivity index is 2.27. The van der Waals surface area contributed by atoms with E-state index < -0.39 is 11.7 Å². The number of carbonyl (C=O) groups excluding carboxylic acids is 1. The van der Waals surface area contributed by atoms with E-state index in [-0.39, 0.29) is 28.1 Å². The smallest absolute Gasteiger partial charge is 0.401 e. The Morgan fingerprint density at radius 3 is 2.70 bits per heavy atom. The number of ketones is 1. The van der Waals surface area contributed by atoms with Gasteiger partial charge in [0.1, 0.15) is 0 Å². The first kappa shape index (κ1) is 17.9. The SMILES string of the molecule is CCCSC(C)C1CC(N)=C(c2cccc(C(F)(F)F)c2)C1=O. The van der Waals surface area contributed by atoms with Gasteiger partial charge in [-0.25, -0.2) is 0 Å². The van der Waals surface area contributed by atoms with Gasteiger partial charge in [0, 0.05) is 22.4 Å². The Kier molecular flexibility index (Phi) is 5.45. The summed E-state index contributed by atoms with van der Waals surface area (Å²) in [5.74, 6) is 0.554. The summed E-state index contributed by atoms with van der Waals surface area (Å²) in [7, 11) is 0. The molecule has 126 valence electrons. The molecule has 1 aromatic carbocycles. The van der Waals surface area contributed by atoms with Gasteiger partial charge in [0.2, 0.25) is 0 Å². The van der Waals surface area contributed by atoms with Gasteiger partial charge in [0.25, 0.3) is 0 Å². The zero-order valence-corrected chi connectivity index (χ0v) is 13.9. The van der Waals surface area contributed by atoms with Gasteiger partial charge in [0.05, 0.1) is 5.56 Å². The zero-order valence-electron chi connectivity index (χ0n) is 13.1. The number of allylic oxidation sites excluding steroid dienone is 2. The van der Waals surface area contributed by atoms with Crippen LogP contribution < -0.4 is 5.73 Å². The molecule has 0 bridgehead atoms. The average molecular weight is 343 g/mol. The topological polar surface area (TPSA) is 43.1 Å². The van der Waals surface area contributed by atoms with Crippen LogP contribution in [0, 0.1) is 5.92 Å². The van der Waals surface area contributed by atoms with Crippen molar-refractivity contribution in [2.24, 2.45) is 11.7 Å². The van der Waals surface area contributed by atoms with E-state index in [9.17, 15) is 18.0 Å². The molecule has 2 atom stereocenters. The maximum absolute atomic E-state index is 12.9. The minimum Gasteiger partial charge on any atom is -0.401 e. The molecular weight excluding hydrogens is 323 g/mol. The number of thioether (sulfide) groups is 1. The second kappa shape index (κ2) is 6.99. The van der Waals surface area contributed by atoms with E-state index in [1.54, 1.807) is 11.8 Å². The Hall–Kier alpha value is -1.43. The van der Waals surface area contributed by atoms with Crippen molar-refractivity contribution in [3.8, 4) is 0 Å². The molecular formula is C17H20F3NOS. The molecule has 1 aliphatic rings. The lowest BCUT2D eigenvalue weighted by molar-refractivity contribution is -0.137. The van der Waals surface area contributed by atoms with Crippen LogP contribution in [0.5, 0.6) is 0 Å². The lowest BCUT2D eigenvalue weighted by Gasteiger charge is -2.17. The molecule has 2 unspecified atom stereocenters. The lowest BCUT2D eigenvalue weighted by atomic mass is 9.96. The highest BCUT2D eigenvalue weighted by Crippen LogP contribution is 2.39. The molecule has 2 rings (SSSR count). The zero-order chi connectivity index (χ0) is 17.2. The van der Waals surface area contributed by atoms with E-state index in [0.717, 1.165) is 24.3 Å². The summed E-state index contributed by atoms with van der Waals surface area (Å²) < 4.78 is 38.6. The van der Waals surface area contributed by atoms with Crippen LogP contribution in [0.2, 0.25) is 0 Å². The fourth-order valence-corrected chi connectivity index (χ4v) is 3.81. The standard InChI is InChI=1S/C17H20F3NOS/c1-3-7-23-10(2)13-9-14(21)15(16(13)22)11-5-4-6-12(8-11)17(18,19)20/h4-6,8,10,13H,3,7,9,21H2,1-2H3. The predicted octanol–water partition coefficient (Wildman–Crippen LogP) is 4.50. The average Bonchev–Trinajstić information content (AvgIpc) is 2.79. The second-order valence-electron chi connectivity index (χ2n) is 5.73. The molecule has 6 heteroatoms. The van der Waals surface area contributed by atoms with Crippen molar-refractivity contribution in [3.63, 3.8) is 0 Å². The molecule has 0 saturated carbocycles. The molecule has 1 aliphatic carbocycles. The quantitative estimate of drug-likeness (QED) is 0.856. The van der Waals surface area contributed by atoms with E-state index in [4.69, 9.17) is 5.73 Å². The largest absolute Gasteiger partial charge is 0.416 e. The van der Waals surface area contributed by atoms with E-state index in [1.165, 1.54) is 12.1 Å². The van der Waals surface area contributed by atoms with Crippen LogP contribution in [0.3, 0.4) is 0 Å². The number of rotatable bonds is 5. The number of hydrogen-bond acceptors (Lipinski definition) is 3. The third-order valence-electron chi connectivity index (χ3n) is 3.97. The van der Waals surface area contributed by atoms with Gasteiger partial charge in [-0.05, 0) is 36.3 Å². The fraction of sp³-hybridized carbons (Fsp3) is 0.471. The Labute approximate surface area is 138 Å². The minimum absolute atomic E-state index is 0.101. The molecule has 2 N–H and O–H groups in total. The highest BCUT2D eigenvalue weighted by atomic mass is 32.2. The van der Waals surface area contributed by atoms with E-state index in [2.05, 4.69) is 6.92 Å². The Morgan fingerprint density at radius 2 is 2.09 bits per heavy atom. The maximum atomic E-state index is 12.9. The van der Waals surface area contributed by atoms with E-state index in [1.807, 2.05) is 6.92 Å². The van der Waals surface area contributed by atoms with Crippen LogP contribution in [-0.4, -0.2) is 16.8 Å². The summed E-state index contributed by atoms with van der Waals surface area (Å²) in [5, 5.41) is 0.101. The number of nitrogens with two attached hydrogens (primary N) is 1. The van der Waals surface area contributed by atoms with Crippen LogP contribution in [-0.2, 0) is 11.0 Å². The monoisotopic (exact) mass is 343 g/mol. The van der Waals surface area contributed by atoms with Crippen molar-refractivity contribution in [3.05, 3.63) is 41.1 Å². The van der Waals surface area contributed by atoms with Crippen LogP contribution in [0.1, 0.15) is 37.8 Å². The molecule has 0 spiro atoms. The second-order valence-corrected chi connectivity index (χ2v) is 7.21. The summed E-state index contributed by atoms with van der Waals surface area (Å²) in [5.41, 5.74) is 6.13. The van der Waals surface area contributed by atoms with Crippen molar-refractivity contribution in [2.45, 2.75) is 38.1 Å². The van der Waals surface area contributed by atoms with Gasteiger partial charge in [-0.2, -0.15) is 24.9 Å². The number of halogens is 3. The maximum Gasteiger partial charge on any atom is 0.416 e. The molecule has 0 radical (unpaired) electrons. The van der Waals surface area contributed by atoms with Crippen LogP contribution in [0.15, 0.2) is 30.0 Å². The molecule has 0 amide bonds. The lowest BCUT2D eigenvalue weighted by Crippen LogP contribution is -2.21. The number of hydrogen-bond donors (Lipinski definition) is 1. The molecule has 1 aromatic rings. The molecule has 0 aliphatic heterocycles. The summed E-state index contributed by atoms with van der Waals surface area (Å²) in [6, 6.07) is 4.83. The third-order valence-corrected chi connectivity index (χ3v) is 5.47. The van der Waals surface area contributed by atoms with Crippen molar-refractivity contribution < 1.29 is 18.0 Å². The van der Waals surface area contributed by atoms with E-state index in [0.29, 0.717) is 12.1 Å². The fourth-order valence-electron chi connectivity index (χ4n) is 2.75. The summed E-state index contributed by atoms with van der Waals surface area (Å²) in [6.45, 7) is 4.04. The van der Waals surface area contributed by atoms with Crippen molar-refractivity contribution in [2.75, 3.05) is 5.75 Å². The molecule has 23 heavy (non-hydrogen) atoms. The Morgan fingerprint density at radius 1 is 1.39 bits per heavy atom. The highest BCUT2D eigenvalue weighted by Gasteiger charge is 2.37. The summed E-state index contributed by atoms with van der Waals surface area (Å²) >= 11 is 1.70. The number of carbonyl (C=O) groups is 1. The summed E-state index contributed by atoms with van der Waals surface area (Å²) in [6.07, 6.45) is -3.00. The number of Topliss-reactive ketones (excluding diaryl/α,β-unsaturated/α-hetero) is 1. The van der Waals surface area contributed by atoms with Crippen LogP contribution >= 0.6 is 11.8 Å². The van der Waals surface area contributed by atoms with Gasteiger partial charge in [-0.1, -0.05) is 26.0 Å². The first-order valence-electron chi connectivity index (χ1n) is 7.57. The first-order chi connectivity index (χ1) is 10.8.